The van der Waals surface area contributed by atoms with Gasteiger partial charge in [0.15, 0.2) is 0 Å². The second-order valence-corrected chi connectivity index (χ2v) is 4.85. The van der Waals surface area contributed by atoms with E-state index >= 15 is 0 Å². The Labute approximate surface area is 135 Å². The Bertz CT molecular complexity index is 631. The highest BCUT2D eigenvalue weighted by atomic mass is 35.5. The van der Waals surface area contributed by atoms with Crippen LogP contribution in [0.1, 0.15) is 22.3 Å². The van der Waals surface area contributed by atoms with Gasteiger partial charge in [-0.2, -0.15) is 0 Å². The smallest absolute Gasteiger partial charge is 0.258 e. The Morgan fingerprint density at radius 1 is 1.05 bits per heavy atom. The van der Waals surface area contributed by atoms with Gasteiger partial charge in [0.05, 0.1) is 0 Å². The molecule has 1 aromatic carbocycles. The van der Waals surface area contributed by atoms with Crippen LogP contribution in [-0.4, -0.2) is 15.5 Å². The monoisotopic (exact) mass is 345 g/mol. The summed E-state index contributed by atoms with van der Waals surface area (Å²) in [6.07, 6.45) is 4.50. The number of benzene rings is 1. The molecule has 2 rings (SSSR count). The van der Waals surface area contributed by atoms with Gasteiger partial charge in [0.25, 0.3) is 5.24 Å². The lowest BCUT2D eigenvalue weighted by molar-refractivity contribution is -0.111. The van der Waals surface area contributed by atoms with Gasteiger partial charge in [0, 0.05) is 18.8 Å². The zero-order valence-corrected chi connectivity index (χ0v) is 12.7. The van der Waals surface area contributed by atoms with Crippen molar-refractivity contribution < 1.29 is 18.4 Å². The Morgan fingerprint density at radius 2 is 1.68 bits per heavy atom. The summed E-state index contributed by atoms with van der Waals surface area (Å²) in [4.78, 5) is 24.6. The lowest BCUT2D eigenvalue weighted by Gasteiger charge is -1.96. The molecule has 3 nitrogen and oxygen atoms in total. The highest BCUT2D eigenvalue weighted by Gasteiger charge is 2.13. The van der Waals surface area contributed by atoms with Gasteiger partial charge in [-0.05, 0) is 53.4 Å². The zero-order chi connectivity index (χ0) is 16.5. The number of rotatable bonds is 4. The second-order valence-electron chi connectivity index (χ2n) is 4.09. The third kappa shape index (κ3) is 6.28. The van der Waals surface area contributed by atoms with E-state index in [1.165, 1.54) is 0 Å². The molecule has 0 radical (unpaired) electrons. The van der Waals surface area contributed by atoms with Crippen LogP contribution in [0.25, 0.3) is 0 Å². The van der Waals surface area contributed by atoms with Crippen molar-refractivity contribution in [2.45, 2.75) is 12.8 Å². The van der Waals surface area contributed by atoms with Gasteiger partial charge in [-0.1, -0.05) is 12.1 Å². The summed E-state index contributed by atoms with van der Waals surface area (Å²) < 4.78 is 25.1. The van der Waals surface area contributed by atoms with Gasteiger partial charge < -0.3 is 0 Å². The topological polar surface area (TPSA) is 47.0 Å². The first-order chi connectivity index (χ1) is 10.4. The third-order valence-electron chi connectivity index (χ3n) is 2.49. The van der Waals surface area contributed by atoms with Gasteiger partial charge in [0.1, 0.15) is 17.2 Å². The molecular formula is C15H11Cl2F2NO2. The Hall–Kier alpha value is -1.85. The van der Waals surface area contributed by atoms with Crippen LogP contribution >= 0.6 is 23.2 Å². The first kappa shape index (κ1) is 18.2. The highest BCUT2D eigenvalue weighted by Crippen LogP contribution is 2.13. The predicted octanol–water partition coefficient (Wildman–Crippen LogP) is 4.12. The largest absolute Gasteiger partial charge is 0.281 e. The molecule has 0 aliphatic heterocycles. The number of pyridine rings is 1. The van der Waals surface area contributed by atoms with Crippen LogP contribution in [0.15, 0.2) is 42.7 Å². The fourth-order valence-electron chi connectivity index (χ4n) is 1.47. The summed E-state index contributed by atoms with van der Waals surface area (Å²) in [6, 6.07) is 6.87. The van der Waals surface area contributed by atoms with Crippen molar-refractivity contribution in [1.29, 1.82) is 0 Å². The molecule has 0 amide bonds. The Morgan fingerprint density at radius 3 is 2.09 bits per heavy atom. The molecule has 0 N–H and O–H groups in total. The number of halogens is 4. The molecule has 0 saturated carbocycles. The molecule has 22 heavy (non-hydrogen) atoms. The standard InChI is InChI=1S/C8H8ClNO.C7H3ClF2O/c9-8(11)4-3-7-2-1-5-10-6-7;8-7(11)6-4(9)2-1-3-5(6)10/h1-2,5-6H,3-4H2;1-3H. The molecule has 0 bridgehead atoms. The van der Waals surface area contributed by atoms with E-state index < -0.39 is 22.4 Å². The second kappa shape index (κ2) is 9.23. The van der Waals surface area contributed by atoms with E-state index in [9.17, 15) is 18.4 Å². The van der Waals surface area contributed by atoms with Crippen LogP contribution in [0.2, 0.25) is 0 Å². The maximum Gasteiger partial charge on any atom is 0.258 e. The third-order valence-corrected chi connectivity index (χ3v) is 2.87. The van der Waals surface area contributed by atoms with Gasteiger partial charge >= 0.3 is 0 Å². The van der Waals surface area contributed by atoms with E-state index in [1.54, 1.807) is 12.4 Å². The normalized spacial score (nSPS) is 9.64. The van der Waals surface area contributed by atoms with Gasteiger partial charge in [-0.25, -0.2) is 8.78 Å². The summed E-state index contributed by atoms with van der Waals surface area (Å²) in [6.45, 7) is 0. The van der Waals surface area contributed by atoms with Gasteiger partial charge in [-0.3, -0.25) is 14.6 Å². The average molecular weight is 346 g/mol. The van der Waals surface area contributed by atoms with Crippen LogP contribution < -0.4 is 0 Å². The summed E-state index contributed by atoms with van der Waals surface area (Å²) in [5.41, 5.74) is 0.343. The first-order valence-corrected chi connectivity index (χ1v) is 6.88. The quantitative estimate of drug-likeness (QED) is 0.783. The van der Waals surface area contributed by atoms with E-state index in [2.05, 4.69) is 4.98 Å². The lowest BCUT2D eigenvalue weighted by Crippen LogP contribution is -1.98. The van der Waals surface area contributed by atoms with Crippen molar-refractivity contribution in [2.75, 3.05) is 0 Å². The molecular weight excluding hydrogens is 335 g/mol. The fourth-order valence-corrected chi connectivity index (χ4v) is 1.75. The summed E-state index contributed by atoms with van der Waals surface area (Å²) in [5, 5.41) is -1.42. The minimum absolute atomic E-state index is 0.297. The molecule has 0 aliphatic rings. The minimum Gasteiger partial charge on any atom is -0.281 e. The number of aryl methyl sites for hydroxylation is 1. The van der Waals surface area contributed by atoms with Gasteiger partial charge in [-0.15, -0.1) is 0 Å². The Balaban J connectivity index is 0.000000220. The molecule has 116 valence electrons. The number of carbonyl (C=O) groups is 2. The number of aromatic nitrogens is 1. The van der Waals surface area contributed by atoms with Crippen LogP contribution in [0.5, 0.6) is 0 Å². The number of hydrogen-bond acceptors (Lipinski definition) is 3. The molecule has 2 aromatic rings. The highest BCUT2D eigenvalue weighted by molar-refractivity contribution is 6.67. The summed E-state index contributed by atoms with van der Waals surface area (Å²) in [5.74, 6) is -1.88. The van der Waals surface area contributed by atoms with Crippen LogP contribution in [-0.2, 0) is 11.2 Å². The van der Waals surface area contributed by atoms with Crippen LogP contribution in [0.4, 0.5) is 8.78 Å². The van der Waals surface area contributed by atoms with Crippen molar-refractivity contribution >= 4 is 33.7 Å². The molecule has 0 fully saturated rings. The van der Waals surface area contributed by atoms with E-state index in [1.807, 2.05) is 12.1 Å². The molecule has 0 atom stereocenters. The van der Waals surface area contributed by atoms with Crippen molar-refractivity contribution in [3.63, 3.8) is 0 Å². The van der Waals surface area contributed by atoms with Crippen molar-refractivity contribution in [3.05, 3.63) is 65.5 Å². The van der Waals surface area contributed by atoms with Crippen LogP contribution in [0, 0.1) is 11.6 Å². The molecule has 0 saturated heterocycles. The van der Waals surface area contributed by atoms with E-state index in [0.717, 1.165) is 23.8 Å². The molecule has 7 heteroatoms. The zero-order valence-electron chi connectivity index (χ0n) is 11.2. The molecule has 1 aromatic heterocycles. The molecule has 0 aliphatic carbocycles. The Kier molecular flexibility index (Phi) is 7.63. The number of hydrogen-bond donors (Lipinski definition) is 0. The van der Waals surface area contributed by atoms with Crippen molar-refractivity contribution in [1.82, 2.24) is 4.98 Å². The minimum atomic E-state index is -1.12. The number of carbonyl (C=O) groups excluding carboxylic acids is 2. The molecule has 1 heterocycles. The molecule has 0 unspecified atom stereocenters. The average Bonchev–Trinajstić information content (AvgIpc) is 2.46. The summed E-state index contributed by atoms with van der Waals surface area (Å²) >= 11 is 10.1. The first-order valence-electron chi connectivity index (χ1n) is 6.13. The fraction of sp³-hybridized carbons (Fsp3) is 0.133. The SMILES string of the molecule is O=C(Cl)CCc1cccnc1.O=C(Cl)c1c(F)cccc1F. The van der Waals surface area contributed by atoms with E-state index in [4.69, 9.17) is 23.2 Å². The van der Waals surface area contributed by atoms with Crippen molar-refractivity contribution in [2.24, 2.45) is 0 Å². The maximum atomic E-state index is 12.6. The predicted molar refractivity (Wildman–Crippen MR) is 80.0 cm³/mol. The van der Waals surface area contributed by atoms with E-state index in [0.29, 0.717) is 12.8 Å². The summed E-state index contributed by atoms with van der Waals surface area (Å²) in [7, 11) is 0. The van der Waals surface area contributed by atoms with E-state index in [-0.39, 0.29) is 5.24 Å². The van der Waals surface area contributed by atoms with Crippen LogP contribution in [0.3, 0.4) is 0 Å². The van der Waals surface area contributed by atoms with Gasteiger partial charge in [0.2, 0.25) is 5.24 Å². The maximum absolute atomic E-state index is 12.6. The molecule has 0 spiro atoms. The lowest BCUT2D eigenvalue weighted by atomic mass is 10.2. The van der Waals surface area contributed by atoms with Crippen molar-refractivity contribution in [3.8, 4) is 0 Å². The number of nitrogens with zero attached hydrogens (tertiary/aromatic N) is 1.